The van der Waals surface area contributed by atoms with Crippen LogP contribution in [0.3, 0.4) is 0 Å². The monoisotopic (exact) mass is 295 g/mol. The van der Waals surface area contributed by atoms with Gasteiger partial charge in [-0.25, -0.2) is 9.97 Å². The summed E-state index contributed by atoms with van der Waals surface area (Å²) in [5.74, 6) is 0. The van der Waals surface area contributed by atoms with Crippen molar-refractivity contribution in [1.82, 2.24) is 15.3 Å². The van der Waals surface area contributed by atoms with Crippen molar-refractivity contribution in [2.45, 2.75) is 25.6 Å². The fourth-order valence-electron chi connectivity index (χ4n) is 2.15. The van der Waals surface area contributed by atoms with Crippen molar-refractivity contribution in [3.63, 3.8) is 0 Å². The summed E-state index contributed by atoms with van der Waals surface area (Å²) < 4.78 is 38.2. The summed E-state index contributed by atoms with van der Waals surface area (Å²) in [6, 6.07) is 7.02. The van der Waals surface area contributed by atoms with Crippen molar-refractivity contribution in [3.05, 3.63) is 59.7 Å². The van der Waals surface area contributed by atoms with Crippen LogP contribution in [0.15, 0.2) is 42.9 Å². The van der Waals surface area contributed by atoms with Crippen LogP contribution in [0.5, 0.6) is 0 Å². The minimum atomic E-state index is -4.32. The Balaban J connectivity index is 2.21. The summed E-state index contributed by atoms with van der Waals surface area (Å²) in [4.78, 5) is 8.02. The van der Waals surface area contributed by atoms with Crippen LogP contribution in [0.25, 0.3) is 0 Å². The molecular formula is C15H16F3N3. The molecule has 0 radical (unpaired) electrons. The molecule has 0 saturated heterocycles. The zero-order valence-electron chi connectivity index (χ0n) is 11.6. The SMILES string of the molecule is CCNC(Cc1cccc(C(F)(F)F)c1)c1ccncn1. The number of nitrogens with zero attached hydrogens (tertiary/aromatic N) is 2. The molecule has 1 aromatic heterocycles. The number of hydrogen-bond acceptors (Lipinski definition) is 3. The van der Waals surface area contributed by atoms with E-state index in [1.54, 1.807) is 18.3 Å². The number of nitrogens with one attached hydrogen (secondary N) is 1. The van der Waals surface area contributed by atoms with Crippen LogP contribution in [0.4, 0.5) is 13.2 Å². The molecule has 1 atom stereocenters. The van der Waals surface area contributed by atoms with Crippen LogP contribution in [-0.4, -0.2) is 16.5 Å². The lowest BCUT2D eigenvalue weighted by Crippen LogP contribution is -2.24. The van der Waals surface area contributed by atoms with Gasteiger partial charge < -0.3 is 5.32 Å². The smallest absolute Gasteiger partial charge is 0.309 e. The maximum absolute atomic E-state index is 12.7. The minimum absolute atomic E-state index is 0.138. The highest BCUT2D eigenvalue weighted by Gasteiger charge is 2.30. The summed E-state index contributed by atoms with van der Waals surface area (Å²) >= 11 is 0. The van der Waals surface area contributed by atoms with Crippen LogP contribution in [0, 0.1) is 0 Å². The van der Waals surface area contributed by atoms with E-state index in [0.29, 0.717) is 18.5 Å². The maximum Gasteiger partial charge on any atom is 0.416 e. The van der Waals surface area contributed by atoms with Gasteiger partial charge in [-0.2, -0.15) is 13.2 Å². The number of hydrogen-bond donors (Lipinski definition) is 1. The van der Waals surface area contributed by atoms with Crippen molar-refractivity contribution in [1.29, 1.82) is 0 Å². The van der Waals surface area contributed by atoms with Crippen molar-refractivity contribution in [2.24, 2.45) is 0 Å². The summed E-state index contributed by atoms with van der Waals surface area (Å²) in [5, 5.41) is 3.23. The molecule has 3 nitrogen and oxygen atoms in total. The van der Waals surface area contributed by atoms with Crippen LogP contribution in [0.1, 0.15) is 29.8 Å². The van der Waals surface area contributed by atoms with Crippen molar-refractivity contribution >= 4 is 0 Å². The van der Waals surface area contributed by atoms with E-state index in [4.69, 9.17) is 0 Å². The first-order valence-corrected chi connectivity index (χ1v) is 6.66. The molecule has 6 heteroatoms. The normalized spacial score (nSPS) is 13.1. The van der Waals surface area contributed by atoms with E-state index in [9.17, 15) is 13.2 Å². The van der Waals surface area contributed by atoms with E-state index < -0.39 is 11.7 Å². The maximum atomic E-state index is 12.7. The first-order valence-electron chi connectivity index (χ1n) is 6.66. The van der Waals surface area contributed by atoms with Crippen molar-refractivity contribution in [2.75, 3.05) is 6.54 Å². The van der Waals surface area contributed by atoms with Crippen LogP contribution < -0.4 is 5.32 Å². The fourth-order valence-corrected chi connectivity index (χ4v) is 2.15. The Hall–Kier alpha value is -1.95. The van der Waals surface area contributed by atoms with E-state index in [2.05, 4.69) is 15.3 Å². The predicted molar refractivity (Wildman–Crippen MR) is 73.6 cm³/mol. The third kappa shape index (κ3) is 4.26. The number of halogens is 3. The predicted octanol–water partition coefficient (Wildman–Crippen LogP) is 3.39. The third-order valence-electron chi connectivity index (χ3n) is 3.11. The lowest BCUT2D eigenvalue weighted by Gasteiger charge is -2.18. The number of likely N-dealkylation sites (N-methyl/N-ethyl adjacent to an activating group) is 1. The van der Waals surface area contributed by atoms with Gasteiger partial charge in [0, 0.05) is 6.20 Å². The van der Waals surface area contributed by atoms with Gasteiger partial charge in [-0.15, -0.1) is 0 Å². The second kappa shape index (κ2) is 6.67. The van der Waals surface area contributed by atoms with E-state index >= 15 is 0 Å². The molecule has 21 heavy (non-hydrogen) atoms. The average Bonchev–Trinajstić information content (AvgIpc) is 2.47. The molecule has 0 amide bonds. The summed E-state index contributed by atoms with van der Waals surface area (Å²) in [7, 11) is 0. The Morgan fingerprint density at radius 2 is 2.05 bits per heavy atom. The van der Waals surface area contributed by atoms with Crippen molar-refractivity contribution < 1.29 is 13.2 Å². The van der Waals surface area contributed by atoms with Gasteiger partial charge in [0.1, 0.15) is 6.33 Å². The van der Waals surface area contributed by atoms with E-state index in [-0.39, 0.29) is 6.04 Å². The van der Waals surface area contributed by atoms with Gasteiger partial charge in [0.15, 0.2) is 0 Å². The van der Waals surface area contributed by atoms with E-state index in [0.717, 1.165) is 11.8 Å². The molecule has 1 N–H and O–H groups in total. The number of benzene rings is 1. The lowest BCUT2D eigenvalue weighted by molar-refractivity contribution is -0.137. The molecule has 0 aliphatic carbocycles. The second-order valence-corrected chi connectivity index (χ2v) is 4.65. The topological polar surface area (TPSA) is 37.8 Å². The van der Waals surface area contributed by atoms with E-state index in [1.165, 1.54) is 18.5 Å². The Morgan fingerprint density at radius 1 is 1.24 bits per heavy atom. The molecular weight excluding hydrogens is 279 g/mol. The molecule has 0 spiro atoms. The molecule has 1 aromatic carbocycles. The molecule has 2 rings (SSSR count). The molecule has 0 saturated carbocycles. The zero-order chi connectivity index (χ0) is 15.3. The number of rotatable bonds is 5. The zero-order valence-corrected chi connectivity index (χ0v) is 11.6. The Labute approximate surface area is 121 Å². The minimum Gasteiger partial charge on any atom is -0.309 e. The molecule has 0 bridgehead atoms. The van der Waals surface area contributed by atoms with Crippen LogP contribution >= 0.6 is 0 Å². The lowest BCUT2D eigenvalue weighted by atomic mass is 10.0. The Bertz CT molecular complexity index is 570. The Kier molecular flexibility index (Phi) is 4.90. The van der Waals surface area contributed by atoms with Crippen LogP contribution in [0.2, 0.25) is 0 Å². The van der Waals surface area contributed by atoms with Gasteiger partial charge in [-0.3, -0.25) is 0 Å². The second-order valence-electron chi connectivity index (χ2n) is 4.65. The van der Waals surface area contributed by atoms with Gasteiger partial charge in [0.05, 0.1) is 17.3 Å². The van der Waals surface area contributed by atoms with Gasteiger partial charge in [-0.1, -0.05) is 25.1 Å². The first kappa shape index (κ1) is 15.4. The van der Waals surface area contributed by atoms with Gasteiger partial charge >= 0.3 is 6.18 Å². The largest absolute Gasteiger partial charge is 0.416 e. The van der Waals surface area contributed by atoms with Gasteiger partial charge in [-0.05, 0) is 30.7 Å². The molecule has 0 aliphatic heterocycles. The summed E-state index contributed by atoms with van der Waals surface area (Å²) in [5.41, 5.74) is 0.761. The molecule has 0 fully saturated rings. The summed E-state index contributed by atoms with van der Waals surface area (Å²) in [6.45, 7) is 2.65. The molecule has 0 aliphatic rings. The van der Waals surface area contributed by atoms with Gasteiger partial charge in [0.2, 0.25) is 0 Å². The highest BCUT2D eigenvalue weighted by atomic mass is 19.4. The number of aromatic nitrogens is 2. The highest BCUT2D eigenvalue weighted by Crippen LogP contribution is 2.30. The first-order chi connectivity index (χ1) is 10.0. The molecule has 112 valence electrons. The molecule has 1 heterocycles. The highest BCUT2D eigenvalue weighted by molar-refractivity contribution is 5.27. The number of alkyl halides is 3. The molecule has 1 unspecified atom stereocenters. The Morgan fingerprint density at radius 3 is 2.67 bits per heavy atom. The van der Waals surface area contributed by atoms with E-state index in [1.807, 2.05) is 6.92 Å². The standard InChI is InChI=1S/C15H16F3N3/c1-2-20-14(13-6-7-19-10-21-13)9-11-4-3-5-12(8-11)15(16,17)18/h3-8,10,14,20H,2,9H2,1H3. The fraction of sp³-hybridized carbons (Fsp3) is 0.333. The molecule has 2 aromatic rings. The van der Waals surface area contributed by atoms with Crippen LogP contribution in [-0.2, 0) is 12.6 Å². The summed E-state index contributed by atoms with van der Waals surface area (Å²) in [6.07, 6.45) is -0.821. The third-order valence-corrected chi connectivity index (χ3v) is 3.11. The quantitative estimate of drug-likeness (QED) is 0.919. The average molecular weight is 295 g/mol. The van der Waals surface area contributed by atoms with Crippen molar-refractivity contribution in [3.8, 4) is 0 Å². The van der Waals surface area contributed by atoms with Gasteiger partial charge in [0.25, 0.3) is 0 Å².